The van der Waals surface area contributed by atoms with E-state index in [1.54, 1.807) is 74.5 Å². The van der Waals surface area contributed by atoms with Gasteiger partial charge in [0.15, 0.2) is 11.5 Å². The topological polar surface area (TPSA) is 128 Å². The molecular weight excluding hydrogens is 528 g/mol. The van der Waals surface area contributed by atoms with Crippen molar-refractivity contribution < 1.29 is 30.0 Å². The Bertz CT molecular complexity index is 1580. The van der Waals surface area contributed by atoms with Gasteiger partial charge in [0, 0.05) is 0 Å². The summed E-state index contributed by atoms with van der Waals surface area (Å²) in [6, 6.07) is 24.0. The number of carbonyl (C=O) groups is 1. The molecule has 4 rings (SSSR count). The van der Waals surface area contributed by atoms with Gasteiger partial charge in [-0.15, -0.1) is 0 Å². The Morgan fingerprint density at radius 1 is 0.553 bits per heavy atom. The number of amides is 2. The van der Waals surface area contributed by atoms with Crippen LogP contribution in [-0.2, 0) is 20.2 Å². The summed E-state index contributed by atoms with van der Waals surface area (Å²) in [6.45, 7) is 3.29. The quantitative estimate of drug-likeness (QED) is 0.277. The second-order valence-corrected chi connectivity index (χ2v) is 11.2. The van der Waals surface area contributed by atoms with Crippen molar-refractivity contribution in [2.75, 3.05) is 10.6 Å². The van der Waals surface area contributed by atoms with Crippen molar-refractivity contribution in [3.8, 4) is 11.5 Å². The Morgan fingerprint density at radius 2 is 0.895 bits per heavy atom. The molecule has 11 heteroatoms. The van der Waals surface area contributed by atoms with Gasteiger partial charge in [-0.3, -0.25) is 0 Å². The van der Waals surface area contributed by atoms with E-state index in [1.807, 2.05) is 0 Å². The number of carbonyl (C=O) groups excluding carboxylic acids is 1. The molecule has 0 unspecified atom stereocenters. The number of para-hydroxylation sites is 4. The highest BCUT2D eigenvalue weighted by atomic mass is 32.2. The molecule has 0 heterocycles. The summed E-state index contributed by atoms with van der Waals surface area (Å²) in [5, 5.41) is 5.07. The minimum Gasteiger partial charge on any atom is -0.377 e. The largest absolute Gasteiger partial charge is 0.377 e. The van der Waals surface area contributed by atoms with Crippen molar-refractivity contribution in [3.05, 3.63) is 108 Å². The van der Waals surface area contributed by atoms with E-state index in [4.69, 9.17) is 8.37 Å². The predicted octanol–water partition coefficient (Wildman–Crippen LogP) is 5.48. The van der Waals surface area contributed by atoms with Gasteiger partial charge in [-0.05, 0) is 61.4 Å². The van der Waals surface area contributed by atoms with Crippen LogP contribution in [0.25, 0.3) is 0 Å². The average Bonchev–Trinajstić information content (AvgIpc) is 2.86. The van der Waals surface area contributed by atoms with E-state index in [0.29, 0.717) is 11.1 Å². The maximum absolute atomic E-state index is 12.8. The normalized spacial score (nSPS) is 11.4. The van der Waals surface area contributed by atoms with Crippen LogP contribution in [0.1, 0.15) is 11.1 Å². The summed E-state index contributed by atoms with van der Waals surface area (Å²) in [4.78, 5) is 12.8. The molecule has 9 nitrogen and oxygen atoms in total. The van der Waals surface area contributed by atoms with Crippen LogP contribution in [-0.4, -0.2) is 22.9 Å². The van der Waals surface area contributed by atoms with Crippen molar-refractivity contribution in [1.82, 2.24) is 0 Å². The molecule has 2 N–H and O–H groups in total. The van der Waals surface area contributed by atoms with Crippen LogP contribution in [0.3, 0.4) is 0 Å². The molecule has 196 valence electrons. The fraction of sp³-hybridized carbons (Fsp3) is 0.0741. The zero-order valence-electron chi connectivity index (χ0n) is 20.4. The van der Waals surface area contributed by atoms with Crippen molar-refractivity contribution in [3.63, 3.8) is 0 Å². The first-order chi connectivity index (χ1) is 18.1. The number of rotatable bonds is 8. The SMILES string of the molecule is Cc1ccccc1S(=O)(=O)Oc1ccccc1NC(=O)Nc1ccccc1OS(=O)(=O)c1ccccc1C. The number of urea groups is 1. The third kappa shape index (κ3) is 6.13. The number of benzene rings is 4. The van der Waals surface area contributed by atoms with Crippen LogP contribution in [0, 0.1) is 13.8 Å². The lowest BCUT2D eigenvalue weighted by Crippen LogP contribution is -2.21. The number of anilines is 2. The lowest BCUT2D eigenvalue weighted by Gasteiger charge is -2.15. The summed E-state index contributed by atoms with van der Waals surface area (Å²) < 4.78 is 62.0. The second-order valence-electron chi connectivity index (χ2n) is 8.18. The van der Waals surface area contributed by atoms with Gasteiger partial charge in [0.1, 0.15) is 9.79 Å². The molecule has 0 aliphatic heterocycles. The lowest BCUT2D eigenvalue weighted by atomic mass is 10.2. The number of nitrogens with one attached hydrogen (secondary N) is 2. The molecule has 0 radical (unpaired) electrons. The van der Waals surface area contributed by atoms with Gasteiger partial charge < -0.3 is 19.0 Å². The van der Waals surface area contributed by atoms with Crippen LogP contribution in [0.2, 0.25) is 0 Å². The molecule has 0 saturated heterocycles. The fourth-order valence-corrected chi connectivity index (χ4v) is 5.92. The third-order valence-electron chi connectivity index (χ3n) is 5.40. The van der Waals surface area contributed by atoms with Gasteiger partial charge in [0.05, 0.1) is 11.4 Å². The molecule has 0 spiro atoms. The molecule has 38 heavy (non-hydrogen) atoms. The van der Waals surface area contributed by atoms with Crippen LogP contribution in [0.15, 0.2) is 107 Å². The Labute approximate surface area is 221 Å². The van der Waals surface area contributed by atoms with E-state index in [1.165, 1.54) is 36.4 Å². The van der Waals surface area contributed by atoms with Gasteiger partial charge >= 0.3 is 26.3 Å². The third-order valence-corrected chi connectivity index (χ3v) is 8.19. The molecule has 0 aromatic heterocycles. The summed E-state index contributed by atoms with van der Waals surface area (Å²) in [6.07, 6.45) is 0. The van der Waals surface area contributed by atoms with Crippen molar-refractivity contribution >= 4 is 37.6 Å². The molecule has 0 atom stereocenters. The first kappa shape index (κ1) is 26.7. The minimum atomic E-state index is -4.18. The van der Waals surface area contributed by atoms with Crippen LogP contribution < -0.4 is 19.0 Å². The minimum absolute atomic E-state index is 0.000179. The molecule has 0 aliphatic carbocycles. The van der Waals surface area contributed by atoms with Crippen molar-refractivity contribution in [1.29, 1.82) is 0 Å². The maximum Gasteiger partial charge on any atom is 0.339 e. The Hall–Kier alpha value is -4.35. The molecule has 0 aliphatic rings. The van der Waals surface area contributed by atoms with Crippen molar-refractivity contribution in [2.24, 2.45) is 0 Å². The maximum atomic E-state index is 12.8. The Kier molecular flexibility index (Phi) is 7.70. The zero-order valence-corrected chi connectivity index (χ0v) is 22.0. The van der Waals surface area contributed by atoms with E-state index in [9.17, 15) is 21.6 Å². The number of hydrogen-bond acceptors (Lipinski definition) is 7. The van der Waals surface area contributed by atoms with Gasteiger partial charge in [-0.25, -0.2) is 4.79 Å². The highest BCUT2D eigenvalue weighted by Crippen LogP contribution is 2.31. The Balaban J connectivity index is 1.53. The molecular formula is C27H24N2O7S2. The van der Waals surface area contributed by atoms with Crippen molar-refractivity contribution in [2.45, 2.75) is 23.6 Å². The van der Waals surface area contributed by atoms with Gasteiger partial charge in [0.25, 0.3) is 0 Å². The van der Waals surface area contributed by atoms with Crippen LogP contribution >= 0.6 is 0 Å². The first-order valence-electron chi connectivity index (χ1n) is 11.3. The summed E-state index contributed by atoms with van der Waals surface area (Å²) in [7, 11) is -8.35. The molecule has 0 bridgehead atoms. The standard InChI is InChI=1S/C27H24N2O7S2/c1-19-11-3-9-17-25(19)37(31,32)35-23-15-7-5-13-21(23)28-27(30)29-22-14-6-8-16-24(22)36-38(33,34)26-18-10-4-12-20(26)2/h3-18H,1-2H3,(H2,28,29,30). The fourth-order valence-electron chi connectivity index (χ4n) is 3.56. The Morgan fingerprint density at radius 3 is 1.29 bits per heavy atom. The van der Waals surface area contributed by atoms with Gasteiger partial charge in [-0.2, -0.15) is 16.8 Å². The highest BCUT2D eigenvalue weighted by molar-refractivity contribution is 7.87. The van der Waals surface area contributed by atoms with E-state index >= 15 is 0 Å². The van der Waals surface area contributed by atoms with E-state index < -0.39 is 26.3 Å². The first-order valence-corrected chi connectivity index (χ1v) is 14.1. The lowest BCUT2D eigenvalue weighted by molar-refractivity contribution is 0.262. The van der Waals surface area contributed by atoms with Gasteiger partial charge in [-0.1, -0.05) is 60.7 Å². The van der Waals surface area contributed by atoms with Gasteiger partial charge in [0.2, 0.25) is 0 Å². The smallest absolute Gasteiger partial charge is 0.339 e. The van der Waals surface area contributed by atoms with Crippen LogP contribution in [0.5, 0.6) is 11.5 Å². The molecule has 0 fully saturated rings. The number of aryl methyl sites for hydroxylation is 2. The highest BCUT2D eigenvalue weighted by Gasteiger charge is 2.23. The predicted molar refractivity (Wildman–Crippen MR) is 144 cm³/mol. The zero-order chi connectivity index (χ0) is 27.3. The number of hydrogen-bond donors (Lipinski definition) is 2. The van der Waals surface area contributed by atoms with E-state index in [0.717, 1.165) is 0 Å². The van der Waals surface area contributed by atoms with E-state index in [-0.39, 0.29) is 32.7 Å². The average molecular weight is 553 g/mol. The molecule has 4 aromatic carbocycles. The second kappa shape index (κ2) is 11.0. The van der Waals surface area contributed by atoms with E-state index in [2.05, 4.69) is 10.6 Å². The monoisotopic (exact) mass is 552 g/mol. The summed E-state index contributed by atoms with van der Waals surface area (Å²) in [5.74, 6) is -0.199. The molecule has 2 amide bonds. The van der Waals surface area contributed by atoms with Crippen LogP contribution in [0.4, 0.5) is 16.2 Å². The summed E-state index contributed by atoms with van der Waals surface area (Å²) in [5.41, 5.74) is 1.17. The molecule has 4 aromatic rings. The molecule has 0 saturated carbocycles. The summed E-state index contributed by atoms with van der Waals surface area (Å²) >= 11 is 0.